The van der Waals surface area contributed by atoms with Gasteiger partial charge in [-0.1, -0.05) is 97.7 Å². The monoisotopic (exact) mass is 329 g/mol. The number of hydrogen-bond acceptors (Lipinski definition) is 0. The molecule has 0 spiro atoms. The van der Waals surface area contributed by atoms with Crippen LogP contribution in [0.1, 0.15) is 51.4 Å². The fraction of sp³-hybridized carbons (Fsp3) is 0.360. The van der Waals surface area contributed by atoms with E-state index in [2.05, 4.69) is 79.0 Å². The standard InChI is InChI=1S/C25H29/c1-4-10-16-22(17-11-5-1)24-20-14-8-3-9-15-21-25(24)23-18-12-6-2-7-13-19-23/h1-2,4-7,10-12,16-18,25H,3,8-9,13-15,19,21H2/b4-1+,5-1?,7-2-,10-4?,11-5-,12-6-,16-10-,17-11?,22-16?,22-17-,23-18+,24-20?. The van der Waals surface area contributed by atoms with E-state index in [4.69, 9.17) is 0 Å². The quantitative estimate of drug-likeness (QED) is 0.505. The van der Waals surface area contributed by atoms with Crippen LogP contribution in [0.3, 0.4) is 0 Å². The third-order valence-electron chi connectivity index (χ3n) is 5.11. The molecule has 3 aliphatic rings. The molecule has 0 fully saturated rings. The maximum absolute atomic E-state index is 3.82. The lowest BCUT2D eigenvalue weighted by Gasteiger charge is -2.25. The van der Waals surface area contributed by atoms with Crippen LogP contribution < -0.4 is 0 Å². The van der Waals surface area contributed by atoms with Crippen molar-refractivity contribution in [1.82, 2.24) is 0 Å². The van der Waals surface area contributed by atoms with Gasteiger partial charge in [0.15, 0.2) is 0 Å². The molecule has 25 heavy (non-hydrogen) atoms. The van der Waals surface area contributed by atoms with E-state index in [1.165, 1.54) is 43.3 Å². The Labute approximate surface area is 153 Å². The maximum Gasteiger partial charge on any atom is 0.00601 e. The molecule has 0 saturated heterocycles. The van der Waals surface area contributed by atoms with Crippen LogP contribution in [-0.2, 0) is 0 Å². The summed E-state index contributed by atoms with van der Waals surface area (Å²) in [6, 6.07) is 0. The predicted octanol–water partition coefficient (Wildman–Crippen LogP) is 7.13. The lowest BCUT2D eigenvalue weighted by molar-refractivity contribution is 0.557. The zero-order valence-corrected chi connectivity index (χ0v) is 15.2. The van der Waals surface area contributed by atoms with Crippen LogP contribution >= 0.6 is 0 Å². The smallest absolute Gasteiger partial charge is 0.00601 e. The molecule has 0 saturated carbocycles. The molecule has 0 N–H and O–H groups in total. The van der Waals surface area contributed by atoms with Gasteiger partial charge in [-0.05, 0) is 49.3 Å². The molecule has 0 nitrogen and oxygen atoms in total. The molecule has 0 amide bonds. The molecule has 129 valence electrons. The second-order valence-electron chi connectivity index (χ2n) is 6.94. The lowest BCUT2D eigenvalue weighted by atomic mass is 9.80. The van der Waals surface area contributed by atoms with E-state index in [-0.39, 0.29) is 0 Å². The molecule has 0 aliphatic heterocycles. The summed E-state index contributed by atoms with van der Waals surface area (Å²) in [5.41, 5.74) is 4.32. The van der Waals surface area contributed by atoms with E-state index < -0.39 is 0 Å². The van der Waals surface area contributed by atoms with Crippen LogP contribution in [0.25, 0.3) is 0 Å². The normalized spacial score (nSPS) is 37.3. The van der Waals surface area contributed by atoms with E-state index in [9.17, 15) is 0 Å². The highest BCUT2D eigenvalue weighted by molar-refractivity contribution is 5.47. The van der Waals surface area contributed by atoms with Gasteiger partial charge in [-0.25, -0.2) is 0 Å². The Balaban J connectivity index is 1.95. The van der Waals surface area contributed by atoms with Gasteiger partial charge in [-0.3, -0.25) is 0 Å². The largest absolute Gasteiger partial charge is 0.0842 e. The molecule has 1 unspecified atom stereocenters. The van der Waals surface area contributed by atoms with Crippen molar-refractivity contribution in [3.63, 3.8) is 0 Å². The van der Waals surface area contributed by atoms with Crippen LogP contribution in [0.2, 0.25) is 0 Å². The third kappa shape index (κ3) is 5.46. The Kier molecular flexibility index (Phi) is 7.12. The molecule has 1 atom stereocenters. The van der Waals surface area contributed by atoms with Crippen LogP contribution in [0.4, 0.5) is 0 Å². The van der Waals surface area contributed by atoms with Crippen molar-refractivity contribution in [2.24, 2.45) is 5.92 Å². The Hall–Kier alpha value is -2.08. The summed E-state index contributed by atoms with van der Waals surface area (Å²) < 4.78 is 0. The first-order valence-electron chi connectivity index (χ1n) is 9.80. The SMILES string of the molecule is [C]1=C(C2=C\C=C/C=C/C=C\2)\C(/C2=C/C=C\C=C/CC2)CCCCCC/1. The molecule has 1 radical (unpaired) electrons. The van der Waals surface area contributed by atoms with Crippen molar-refractivity contribution < 1.29 is 0 Å². The van der Waals surface area contributed by atoms with E-state index in [0.717, 1.165) is 19.3 Å². The minimum absolute atomic E-state index is 0.502. The third-order valence-corrected chi connectivity index (χ3v) is 5.11. The fourth-order valence-corrected chi connectivity index (χ4v) is 3.78. The Morgan fingerprint density at radius 2 is 1.56 bits per heavy atom. The van der Waals surface area contributed by atoms with Gasteiger partial charge in [0.1, 0.15) is 0 Å². The molecule has 3 rings (SSSR count). The minimum atomic E-state index is 0.502. The second kappa shape index (κ2) is 10.0. The van der Waals surface area contributed by atoms with Crippen molar-refractivity contribution in [2.75, 3.05) is 0 Å². The van der Waals surface area contributed by atoms with Crippen LogP contribution in [0, 0.1) is 12.0 Å². The lowest BCUT2D eigenvalue weighted by Crippen LogP contribution is -2.11. The van der Waals surface area contributed by atoms with E-state index in [1.807, 2.05) is 0 Å². The van der Waals surface area contributed by atoms with Gasteiger partial charge >= 0.3 is 0 Å². The minimum Gasteiger partial charge on any atom is -0.0842 e. The second-order valence-corrected chi connectivity index (χ2v) is 6.94. The van der Waals surface area contributed by atoms with Crippen LogP contribution in [-0.4, -0.2) is 0 Å². The van der Waals surface area contributed by atoms with Crippen molar-refractivity contribution in [2.45, 2.75) is 51.4 Å². The van der Waals surface area contributed by atoms with E-state index in [0.29, 0.717) is 5.92 Å². The first kappa shape index (κ1) is 17.7. The Morgan fingerprint density at radius 3 is 2.56 bits per heavy atom. The Morgan fingerprint density at radius 1 is 0.760 bits per heavy atom. The summed E-state index contributed by atoms with van der Waals surface area (Å²) >= 11 is 0. The molecule has 0 heterocycles. The topological polar surface area (TPSA) is 0 Å². The van der Waals surface area contributed by atoms with Crippen LogP contribution in [0.5, 0.6) is 0 Å². The summed E-state index contributed by atoms with van der Waals surface area (Å²) in [6.45, 7) is 0. The van der Waals surface area contributed by atoms with Crippen molar-refractivity contribution >= 4 is 0 Å². The van der Waals surface area contributed by atoms with Gasteiger partial charge in [0.05, 0.1) is 0 Å². The van der Waals surface area contributed by atoms with Crippen LogP contribution in [0.15, 0.2) is 89.6 Å². The van der Waals surface area contributed by atoms with Gasteiger partial charge in [0, 0.05) is 5.92 Å². The van der Waals surface area contributed by atoms with Crippen molar-refractivity contribution in [3.8, 4) is 0 Å². The molecule has 0 bridgehead atoms. The van der Waals surface area contributed by atoms with E-state index >= 15 is 0 Å². The van der Waals surface area contributed by atoms with Crippen molar-refractivity contribution in [1.29, 1.82) is 0 Å². The summed E-state index contributed by atoms with van der Waals surface area (Å²) in [5.74, 6) is 0.502. The molecular weight excluding hydrogens is 300 g/mol. The summed E-state index contributed by atoms with van der Waals surface area (Å²) in [5, 5.41) is 0. The highest BCUT2D eigenvalue weighted by atomic mass is 14.3. The zero-order chi connectivity index (χ0) is 17.2. The molecular formula is C25H29. The molecule has 0 aromatic heterocycles. The summed E-state index contributed by atoms with van der Waals surface area (Å²) in [6.07, 6.45) is 40.0. The van der Waals surface area contributed by atoms with Gasteiger partial charge in [-0.2, -0.15) is 0 Å². The molecule has 0 aromatic carbocycles. The number of rotatable bonds is 2. The zero-order valence-electron chi connectivity index (χ0n) is 15.2. The average Bonchev–Trinajstić information content (AvgIpc) is 2.67. The van der Waals surface area contributed by atoms with Gasteiger partial charge in [-0.15, -0.1) is 0 Å². The van der Waals surface area contributed by atoms with E-state index in [1.54, 1.807) is 5.57 Å². The van der Waals surface area contributed by atoms with Gasteiger partial charge < -0.3 is 0 Å². The van der Waals surface area contributed by atoms with Gasteiger partial charge in [0.25, 0.3) is 0 Å². The first-order valence-corrected chi connectivity index (χ1v) is 9.80. The predicted molar refractivity (Wildman–Crippen MR) is 109 cm³/mol. The Bertz CT molecular complexity index is 671. The highest BCUT2D eigenvalue weighted by Crippen LogP contribution is 2.36. The first-order chi connectivity index (χ1) is 12.4. The highest BCUT2D eigenvalue weighted by Gasteiger charge is 2.21. The average molecular weight is 330 g/mol. The number of allylic oxidation sites excluding steroid dienone is 16. The van der Waals surface area contributed by atoms with Gasteiger partial charge in [0.2, 0.25) is 0 Å². The molecule has 3 aliphatic carbocycles. The fourth-order valence-electron chi connectivity index (χ4n) is 3.78. The maximum atomic E-state index is 3.82. The molecule has 0 aromatic rings. The number of hydrogen-bond donors (Lipinski definition) is 0. The molecule has 0 heteroatoms. The summed E-state index contributed by atoms with van der Waals surface area (Å²) in [7, 11) is 0. The summed E-state index contributed by atoms with van der Waals surface area (Å²) in [4.78, 5) is 0. The van der Waals surface area contributed by atoms with Crippen molar-refractivity contribution in [3.05, 3.63) is 95.7 Å².